The second kappa shape index (κ2) is 3.69. The smallest absolute Gasteiger partial charge is 0.375 e. The van der Waals surface area contributed by atoms with Crippen LogP contribution < -0.4 is 10.4 Å². The molecule has 0 atom stereocenters. The van der Waals surface area contributed by atoms with Crippen molar-refractivity contribution in [1.29, 1.82) is 0 Å². The summed E-state index contributed by atoms with van der Waals surface area (Å²) in [5.74, 6) is -1.76. The molecule has 2 aromatic rings. The summed E-state index contributed by atoms with van der Waals surface area (Å²) in [6, 6.07) is 6.52. The molecule has 82 valence electrons. The number of methoxy groups -OCH3 is 1. The molecule has 0 amide bonds. The van der Waals surface area contributed by atoms with Crippen molar-refractivity contribution in [3.05, 3.63) is 40.4 Å². The second-order valence-corrected chi connectivity index (χ2v) is 3.10. The summed E-state index contributed by atoms with van der Waals surface area (Å²) in [6.45, 7) is 0. The predicted octanol–water partition coefficient (Wildman–Crippen LogP) is 1.50. The van der Waals surface area contributed by atoms with Gasteiger partial charge in [0.1, 0.15) is 0 Å². The normalized spacial score (nSPS) is 10.3. The van der Waals surface area contributed by atoms with E-state index >= 15 is 0 Å². The van der Waals surface area contributed by atoms with Crippen molar-refractivity contribution in [2.45, 2.75) is 0 Å². The maximum absolute atomic E-state index is 11.5. The van der Waals surface area contributed by atoms with Gasteiger partial charge >= 0.3 is 11.6 Å². The molecular formula is C11H8O5. The summed E-state index contributed by atoms with van der Waals surface area (Å²) in [4.78, 5) is 22.4. The van der Waals surface area contributed by atoms with E-state index in [-0.39, 0.29) is 5.75 Å². The molecule has 16 heavy (non-hydrogen) atoms. The molecule has 0 fully saturated rings. The van der Waals surface area contributed by atoms with Crippen LogP contribution in [0.5, 0.6) is 5.75 Å². The van der Waals surface area contributed by atoms with E-state index in [1.807, 2.05) is 0 Å². The van der Waals surface area contributed by atoms with Crippen LogP contribution in [0.2, 0.25) is 0 Å². The van der Waals surface area contributed by atoms with E-state index in [1.54, 1.807) is 24.3 Å². The molecular weight excluding hydrogens is 212 g/mol. The number of benzene rings is 1. The minimum atomic E-state index is -1.33. The number of ether oxygens (including phenoxy) is 1. The Morgan fingerprint density at radius 3 is 2.50 bits per heavy atom. The van der Waals surface area contributed by atoms with E-state index in [1.165, 1.54) is 7.11 Å². The number of rotatable bonds is 2. The lowest BCUT2D eigenvalue weighted by Gasteiger charge is -2.06. The van der Waals surface area contributed by atoms with Gasteiger partial charge in [-0.15, -0.1) is 0 Å². The van der Waals surface area contributed by atoms with Crippen molar-refractivity contribution in [3.63, 3.8) is 0 Å². The monoisotopic (exact) mass is 220 g/mol. The van der Waals surface area contributed by atoms with Crippen LogP contribution in [0.4, 0.5) is 0 Å². The van der Waals surface area contributed by atoms with Gasteiger partial charge < -0.3 is 14.3 Å². The molecule has 0 aliphatic heterocycles. The Bertz CT molecular complexity index is 611. The third kappa shape index (κ3) is 1.42. The van der Waals surface area contributed by atoms with Crippen LogP contribution in [-0.2, 0) is 0 Å². The van der Waals surface area contributed by atoms with E-state index < -0.39 is 17.4 Å². The molecule has 0 aliphatic carbocycles. The zero-order valence-electron chi connectivity index (χ0n) is 8.39. The molecule has 0 saturated carbocycles. The second-order valence-electron chi connectivity index (χ2n) is 3.10. The lowest BCUT2D eigenvalue weighted by molar-refractivity contribution is 0.0652. The highest BCUT2D eigenvalue weighted by atomic mass is 16.5. The number of fused-ring (bicyclic) bond motifs is 1. The van der Waals surface area contributed by atoms with Crippen molar-refractivity contribution in [2.24, 2.45) is 0 Å². The van der Waals surface area contributed by atoms with E-state index in [0.717, 1.165) is 0 Å². The summed E-state index contributed by atoms with van der Waals surface area (Å²) < 4.78 is 9.66. The van der Waals surface area contributed by atoms with E-state index in [9.17, 15) is 9.59 Å². The SMILES string of the molecule is COc1c(C(=O)O)oc(=O)c2ccccc12. The summed E-state index contributed by atoms with van der Waals surface area (Å²) in [6.07, 6.45) is 0. The average molecular weight is 220 g/mol. The van der Waals surface area contributed by atoms with Gasteiger partial charge in [-0.05, 0) is 6.07 Å². The molecule has 0 radical (unpaired) electrons. The van der Waals surface area contributed by atoms with Crippen LogP contribution in [0.15, 0.2) is 33.5 Å². The highest BCUT2D eigenvalue weighted by Crippen LogP contribution is 2.26. The third-order valence-corrected chi connectivity index (χ3v) is 2.19. The van der Waals surface area contributed by atoms with Crippen LogP contribution >= 0.6 is 0 Å². The highest BCUT2D eigenvalue weighted by molar-refractivity contribution is 5.97. The molecule has 5 nitrogen and oxygen atoms in total. The Balaban J connectivity index is 2.96. The highest BCUT2D eigenvalue weighted by Gasteiger charge is 2.19. The summed E-state index contributed by atoms with van der Waals surface area (Å²) >= 11 is 0. The molecule has 0 aliphatic rings. The fourth-order valence-corrected chi connectivity index (χ4v) is 1.52. The Morgan fingerprint density at radius 1 is 1.31 bits per heavy atom. The molecule has 0 saturated heterocycles. The molecule has 2 rings (SSSR count). The quantitative estimate of drug-likeness (QED) is 0.829. The number of hydrogen-bond acceptors (Lipinski definition) is 4. The molecule has 0 bridgehead atoms. The van der Waals surface area contributed by atoms with Crippen molar-refractivity contribution in [3.8, 4) is 5.75 Å². The Kier molecular flexibility index (Phi) is 2.36. The Hall–Kier alpha value is -2.30. The lowest BCUT2D eigenvalue weighted by atomic mass is 10.1. The number of carboxylic acid groups (broad SMARTS) is 1. The first kappa shape index (κ1) is 10.2. The topological polar surface area (TPSA) is 76.7 Å². The van der Waals surface area contributed by atoms with Crippen molar-refractivity contribution >= 4 is 16.7 Å². The maximum Gasteiger partial charge on any atom is 0.375 e. The van der Waals surface area contributed by atoms with Gasteiger partial charge in [0, 0.05) is 5.39 Å². The average Bonchev–Trinajstić information content (AvgIpc) is 2.29. The number of carboxylic acids is 1. The number of hydrogen-bond donors (Lipinski definition) is 1. The van der Waals surface area contributed by atoms with Crippen LogP contribution in [0.1, 0.15) is 10.6 Å². The van der Waals surface area contributed by atoms with Crippen LogP contribution in [0.3, 0.4) is 0 Å². The van der Waals surface area contributed by atoms with E-state index in [0.29, 0.717) is 10.8 Å². The minimum Gasteiger partial charge on any atom is -0.492 e. The van der Waals surface area contributed by atoms with Crippen LogP contribution in [-0.4, -0.2) is 18.2 Å². The molecule has 1 heterocycles. The zero-order valence-corrected chi connectivity index (χ0v) is 8.39. The number of aromatic carboxylic acids is 1. The third-order valence-electron chi connectivity index (χ3n) is 2.19. The van der Waals surface area contributed by atoms with Gasteiger partial charge in [0.05, 0.1) is 12.5 Å². The fourth-order valence-electron chi connectivity index (χ4n) is 1.52. The van der Waals surface area contributed by atoms with Crippen LogP contribution in [0, 0.1) is 0 Å². The zero-order chi connectivity index (χ0) is 11.7. The van der Waals surface area contributed by atoms with Crippen molar-refractivity contribution < 1.29 is 19.1 Å². The number of carbonyl (C=O) groups is 1. The maximum atomic E-state index is 11.5. The minimum absolute atomic E-state index is 0.0581. The molecule has 5 heteroatoms. The van der Waals surface area contributed by atoms with Gasteiger partial charge in [-0.1, -0.05) is 18.2 Å². The van der Waals surface area contributed by atoms with Crippen molar-refractivity contribution in [2.75, 3.05) is 7.11 Å². The lowest BCUT2D eigenvalue weighted by Crippen LogP contribution is -2.09. The Labute approximate surface area is 89.9 Å². The first-order chi connectivity index (χ1) is 7.65. The standard InChI is InChI=1S/C11H8O5/c1-15-8-6-4-2-3-5-7(6)11(14)16-9(8)10(12)13/h2-5H,1H3,(H,12,13). The molecule has 1 aromatic carbocycles. The van der Waals surface area contributed by atoms with Gasteiger partial charge in [0.25, 0.3) is 5.76 Å². The molecule has 1 aromatic heterocycles. The Morgan fingerprint density at radius 2 is 1.94 bits per heavy atom. The van der Waals surface area contributed by atoms with Gasteiger partial charge in [0.15, 0.2) is 5.75 Å². The van der Waals surface area contributed by atoms with Gasteiger partial charge in [0.2, 0.25) is 0 Å². The summed E-state index contributed by atoms with van der Waals surface area (Å²) in [5, 5.41) is 9.59. The van der Waals surface area contributed by atoms with Gasteiger partial charge in [-0.2, -0.15) is 0 Å². The fraction of sp³-hybridized carbons (Fsp3) is 0.0909. The van der Waals surface area contributed by atoms with Crippen LogP contribution in [0.25, 0.3) is 10.8 Å². The summed E-state index contributed by atoms with van der Waals surface area (Å²) in [7, 11) is 1.33. The predicted molar refractivity (Wildman–Crippen MR) is 56.0 cm³/mol. The van der Waals surface area contributed by atoms with Gasteiger partial charge in [-0.25, -0.2) is 9.59 Å². The molecule has 0 unspecified atom stereocenters. The largest absolute Gasteiger partial charge is 0.492 e. The first-order valence-electron chi connectivity index (χ1n) is 4.48. The van der Waals surface area contributed by atoms with E-state index in [2.05, 4.69) is 0 Å². The van der Waals surface area contributed by atoms with E-state index in [4.69, 9.17) is 14.3 Å². The molecule has 0 spiro atoms. The van der Waals surface area contributed by atoms with Crippen molar-refractivity contribution in [1.82, 2.24) is 0 Å². The summed E-state index contributed by atoms with van der Waals surface area (Å²) in [5.41, 5.74) is -0.686. The van der Waals surface area contributed by atoms with Gasteiger partial charge in [-0.3, -0.25) is 0 Å². The first-order valence-corrected chi connectivity index (χ1v) is 4.48. The molecule has 1 N–H and O–H groups in total.